The third-order valence-electron chi connectivity index (χ3n) is 2.72. The number of carbonyl (C=O) groups excluding carboxylic acids is 2. The van der Waals surface area contributed by atoms with Crippen LogP contribution in [-0.4, -0.2) is 30.5 Å². The van der Waals surface area contributed by atoms with Crippen molar-refractivity contribution < 1.29 is 14.3 Å². The maximum atomic E-state index is 11.7. The molecule has 0 saturated heterocycles. The largest absolute Gasteiger partial charge is 0.483 e. The van der Waals surface area contributed by atoms with Crippen LogP contribution in [0.3, 0.4) is 0 Å². The molecule has 0 atom stereocenters. The fraction of sp³-hybridized carbons (Fsp3) is 0.500. The SMILES string of the molecule is Cc1cccc(C)c1OCC(=O)NCC(=O)NC(C)(C)C. The van der Waals surface area contributed by atoms with Crippen molar-refractivity contribution in [3.05, 3.63) is 29.3 Å². The van der Waals surface area contributed by atoms with E-state index >= 15 is 0 Å². The molecule has 1 aromatic carbocycles. The van der Waals surface area contributed by atoms with Gasteiger partial charge in [0, 0.05) is 5.54 Å². The maximum absolute atomic E-state index is 11.7. The molecule has 1 rings (SSSR count). The molecule has 0 radical (unpaired) electrons. The normalized spacial score (nSPS) is 10.9. The third-order valence-corrected chi connectivity index (χ3v) is 2.72. The summed E-state index contributed by atoms with van der Waals surface area (Å²) in [5.41, 5.74) is 1.65. The highest BCUT2D eigenvalue weighted by atomic mass is 16.5. The lowest BCUT2D eigenvalue weighted by atomic mass is 10.1. The van der Waals surface area contributed by atoms with Crippen LogP contribution >= 0.6 is 0 Å². The molecule has 2 N–H and O–H groups in total. The molecule has 21 heavy (non-hydrogen) atoms. The predicted octanol–water partition coefficient (Wildman–Crippen LogP) is 1.71. The molecule has 5 heteroatoms. The number of nitrogens with one attached hydrogen (secondary N) is 2. The first kappa shape index (κ1) is 17.0. The lowest BCUT2D eigenvalue weighted by molar-refractivity contribution is -0.127. The summed E-state index contributed by atoms with van der Waals surface area (Å²) < 4.78 is 5.52. The third kappa shape index (κ3) is 6.29. The summed E-state index contributed by atoms with van der Waals surface area (Å²) in [6.45, 7) is 9.36. The number of para-hydroxylation sites is 1. The van der Waals surface area contributed by atoms with Crippen molar-refractivity contribution in [1.29, 1.82) is 0 Å². The quantitative estimate of drug-likeness (QED) is 0.868. The van der Waals surface area contributed by atoms with Gasteiger partial charge < -0.3 is 15.4 Å². The van der Waals surface area contributed by atoms with Gasteiger partial charge in [0.25, 0.3) is 5.91 Å². The molecule has 0 aliphatic rings. The van der Waals surface area contributed by atoms with Crippen molar-refractivity contribution in [2.24, 2.45) is 0 Å². The Hall–Kier alpha value is -2.04. The minimum absolute atomic E-state index is 0.0494. The van der Waals surface area contributed by atoms with E-state index in [4.69, 9.17) is 4.74 Å². The Bertz CT molecular complexity index is 498. The first-order valence-electron chi connectivity index (χ1n) is 6.96. The average molecular weight is 292 g/mol. The van der Waals surface area contributed by atoms with E-state index in [9.17, 15) is 9.59 Å². The Morgan fingerprint density at radius 1 is 1.10 bits per heavy atom. The van der Waals surface area contributed by atoms with Gasteiger partial charge in [-0.3, -0.25) is 9.59 Å². The summed E-state index contributed by atoms with van der Waals surface area (Å²) in [5, 5.41) is 5.31. The first-order valence-corrected chi connectivity index (χ1v) is 6.96. The molecule has 0 fully saturated rings. The molecule has 5 nitrogen and oxygen atoms in total. The lowest BCUT2D eigenvalue weighted by Crippen LogP contribution is -2.46. The number of ether oxygens (including phenoxy) is 1. The highest BCUT2D eigenvalue weighted by molar-refractivity contribution is 5.85. The summed E-state index contributed by atoms with van der Waals surface area (Å²) in [7, 11) is 0. The van der Waals surface area contributed by atoms with Crippen LogP contribution in [0.5, 0.6) is 5.75 Å². The number of aryl methyl sites for hydroxylation is 2. The van der Waals surface area contributed by atoms with Gasteiger partial charge in [-0.2, -0.15) is 0 Å². The molecule has 2 amide bonds. The molecule has 0 aliphatic carbocycles. The molecule has 0 aliphatic heterocycles. The van der Waals surface area contributed by atoms with Crippen molar-refractivity contribution in [2.75, 3.05) is 13.2 Å². The van der Waals surface area contributed by atoms with Crippen molar-refractivity contribution >= 4 is 11.8 Å². The molecule has 0 bridgehead atoms. The van der Waals surface area contributed by atoms with E-state index in [1.54, 1.807) is 0 Å². The number of benzene rings is 1. The zero-order valence-corrected chi connectivity index (χ0v) is 13.4. The standard InChI is InChI=1S/C16H24N2O3/c1-11-7-6-8-12(2)15(11)21-10-14(20)17-9-13(19)18-16(3,4)5/h6-8H,9-10H2,1-5H3,(H,17,20)(H,18,19). The van der Waals surface area contributed by atoms with Crippen molar-refractivity contribution in [2.45, 2.75) is 40.2 Å². The second-order valence-electron chi connectivity index (χ2n) is 6.08. The lowest BCUT2D eigenvalue weighted by Gasteiger charge is -2.20. The van der Waals surface area contributed by atoms with Crippen LogP contribution in [-0.2, 0) is 9.59 Å². The zero-order valence-electron chi connectivity index (χ0n) is 13.4. The Balaban J connectivity index is 2.40. The highest BCUT2D eigenvalue weighted by Crippen LogP contribution is 2.21. The summed E-state index contributed by atoms with van der Waals surface area (Å²) >= 11 is 0. The molecule has 0 unspecified atom stereocenters. The Labute approximate surface area is 126 Å². The molecule has 0 saturated carbocycles. The van der Waals surface area contributed by atoms with Gasteiger partial charge in [0.1, 0.15) is 5.75 Å². The zero-order chi connectivity index (χ0) is 16.0. The van der Waals surface area contributed by atoms with E-state index in [1.807, 2.05) is 52.8 Å². The van der Waals surface area contributed by atoms with E-state index < -0.39 is 0 Å². The fourth-order valence-corrected chi connectivity index (χ4v) is 1.86. The Morgan fingerprint density at radius 3 is 2.19 bits per heavy atom. The van der Waals surface area contributed by atoms with Gasteiger partial charge in [-0.1, -0.05) is 18.2 Å². The highest BCUT2D eigenvalue weighted by Gasteiger charge is 2.14. The Morgan fingerprint density at radius 2 is 1.67 bits per heavy atom. The Kier molecular flexibility index (Phi) is 5.76. The monoisotopic (exact) mass is 292 g/mol. The van der Waals surface area contributed by atoms with E-state index in [-0.39, 0.29) is 30.5 Å². The van der Waals surface area contributed by atoms with E-state index in [0.717, 1.165) is 11.1 Å². The number of hydrogen-bond acceptors (Lipinski definition) is 3. The van der Waals surface area contributed by atoms with Gasteiger partial charge >= 0.3 is 0 Å². The van der Waals surface area contributed by atoms with Crippen LogP contribution in [0, 0.1) is 13.8 Å². The minimum Gasteiger partial charge on any atom is -0.483 e. The fourth-order valence-electron chi connectivity index (χ4n) is 1.86. The molecule has 0 heterocycles. The molecular formula is C16H24N2O3. The molecule has 0 spiro atoms. The van der Waals surface area contributed by atoms with Crippen molar-refractivity contribution in [1.82, 2.24) is 10.6 Å². The van der Waals surface area contributed by atoms with Crippen molar-refractivity contribution in [3.8, 4) is 5.75 Å². The summed E-state index contributed by atoms with van der Waals surface area (Å²) in [5.74, 6) is 0.177. The van der Waals surface area contributed by atoms with E-state index in [2.05, 4.69) is 10.6 Å². The van der Waals surface area contributed by atoms with Gasteiger partial charge in [0.2, 0.25) is 5.91 Å². The van der Waals surface area contributed by atoms with Gasteiger partial charge in [0.15, 0.2) is 6.61 Å². The minimum atomic E-state index is -0.318. The summed E-state index contributed by atoms with van der Waals surface area (Å²) in [4.78, 5) is 23.3. The molecular weight excluding hydrogens is 268 g/mol. The first-order chi connectivity index (χ1) is 9.69. The number of hydrogen-bond donors (Lipinski definition) is 2. The number of carbonyl (C=O) groups is 2. The van der Waals surface area contributed by atoms with Gasteiger partial charge in [0.05, 0.1) is 6.54 Å². The van der Waals surface area contributed by atoms with Crippen LogP contribution < -0.4 is 15.4 Å². The van der Waals surface area contributed by atoms with Crippen LogP contribution in [0.1, 0.15) is 31.9 Å². The van der Waals surface area contributed by atoms with Crippen LogP contribution in [0.4, 0.5) is 0 Å². The molecule has 116 valence electrons. The maximum Gasteiger partial charge on any atom is 0.258 e. The smallest absolute Gasteiger partial charge is 0.258 e. The summed E-state index contributed by atoms with van der Waals surface area (Å²) in [6.07, 6.45) is 0. The summed E-state index contributed by atoms with van der Waals surface area (Å²) in [6, 6.07) is 5.79. The van der Waals surface area contributed by atoms with Gasteiger partial charge in [-0.15, -0.1) is 0 Å². The molecule has 1 aromatic rings. The van der Waals surface area contributed by atoms with E-state index in [1.165, 1.54) is 0 Å². The van der Waals surface area contributed by atoms with Crippen LogP contribution in [0.25, 0.3) is 0 Å². The number of rotatable bonds is 5. The average Bonchev–Trinajstić information content (AvgIpc) is 2.33. The predicted molar refractivity (Wildman–Crippen MR) is 82.3 cm³/mol. The molecule has 0 aromatic heterocycles. The van der Waals surface area contributed by atoms with Crippen molar-refractivity contribution in [3.63, 3.8) is 0 Å². The number of amides is 2. The van der Waals surface area contributed by atoms with Gasteiger partial charge in [-0.05, 0) is 45.7 Å². The van der Waals surface area contributed by atoms with Crippen LogP contribution in [0.15, 0.2) is 18.2 Å². The second kappa shape index (κ2) is 7.11. The van der Waals surface area contributed by atoms with Gasteiger partial charge in [-0.25, -0.2) is 0 Å². The van der Waals surface area contributed by atoms with E-state index in [0.29, 0.717) is 5.75 Å². The van der Waals surface area contributed by atoms with Crippen LogP contribution in [0.2, 0.25) is 0 Å². The topological polar surface area (TPSA) is 67.4 Å². The second-order valence-corrected chi connectivity index (χ2v) is 6.08.